The molecular formula is C9H6FN3O3. The van der Waals surface area contributed by atoms with Crippen LogP contribution in [0.5, 0.6) is 0 Å². The first-order valence-electron chi connectivity index (χ1n) is 4.10. The predicted molar refractivity (Wildman–Crippen MR) is 50.6 cm³/mol. The summed E-state index contributed by atoms with van der Waals surface area (Å²) in [5.41, 5.74) is 4.07. The maximum atomic E-state index is 12.8. The largest absolute Gasteiger partial charge is 0.368 e. The van der Waals surface area contributed by atoms with Gasteiger partial charge in [-0.1, -0.05) is 0 Å². The second-order valence-corrected chi connectivity index (χ2v) is 2.92. The number of nitrogens with two attached hydrogens (primary N) is 1. The molecule has 0 heterocycles. The van der Waals surface area contributed by atoms with Gasteiger partial charge in [-0.15, -0.1) is 0 Å². The van der Waals surface area contributed by atoms with Crippen LogP contribution in [0.25, 0.3) is 0 Å². The zero-order valence-corrected chi connectivity index (χ0v) is 7.88. The molecule has 0 aliphatic rings. The van der Waals surface area contributed by atoms with Crippen molar-refractivity contribution in [2.45, 2.75) is 5.92 Å². The molecule has 0 aliphatic carbocycles. The van der Waals surface area contributed by atoms with E-state index in [9.17, 15) is 19.3 Å². The number of halogens is 1. The molecule has 16 heavy (non-hydrogen) atoms. The molecule has 0 aliphatic heterocycles. The molecule has 0 aromatic heterocycles. The van der Waals surface area contributed by atoms with Gasteiger partial charge in [0.2, 0.25) is 5.91 Å². The number of hydrogen-bond acceptors (Lipinski definition) is 4. The SMILES string of the molecule is N#CC(C(N)=O)c1ccc(F)cc1[N+](=O)[O-]. The van der Waals surface area contributed by atoms with E-state index in [1.54, 1.807) is 0 Å². The third-order valence-electron chi connectivity index (χ3n) is 1.91. The second-order valence-electron chi connectivity index (χ2n) is 2.92. The lowest BCUT2D eigenvalue weighted by molar-refractivity contribution is -0.385. The quantitative estimate of drug-likeness (QED) is 0.604. The number of carbonyl (C=O) groups excluding carboxylic acids is 1. The topological polar surface area (TPSA) is 110 Å². The Morgan fingerprint density at radius 2 is 2.25 bits per heavy atom. The van der Waals surface area contributed by atoms with Gasteiger partial charge >= 0.3 is 0 Å². The molecular weight excluding hydrogens is 217 g/mol. The van der Waals surface area contributed by atoms with E-state index in [4.69, 9.17) is 11.0 Å². The molecule has 1 unspecified atom stereocenters. The van der Waals surface area contributed by atoms with Crippen LogP contribution < -0.4 is 5.73 Å². The number of benzene rings is 1. The molecule has 1 atom stereocenters. The van der Waals surface area contributed by atoms with Gasteiger partial charge in [0.1, 0.15) is 5.82 Å². The van der Waals surface area contributed by atoms with E-state index in [0.717, 1.165) is 12.1 Å². The number of amides is 1. The van der Waals surface area contributed by atoms with Crippen LogP contribution in [0.3, 0.4) is 0 Å². The number of nitro groups is 1. The van der Waals surface area contributed by atoms with E-state index in [2.05, 4.69) is 0 Å². The van der Waals surface area contributed by atoms with Crippen LogP contribution in [0.4, 0.5) is 10.1 Å². The standard InChI is InChI=1S/C9H6FN3O3/c10-5-1-2-6(7(4-11)9(12)14)8(3-5)13(15)16/h1-3,7H,(H2,12,14). The van der Waals surface area contributed by atoms with E-state index in [1.807, 2.05) is 0 Å². The average molecular weight is 223 g/mol. The van der Waals surface area contributed by atoms with Gasteiger partial charge in [0.05, 0.1) is 22.6 Å². The molecule has 0 saturated heterocycles. The van der Waals surface area contributed by atoms with Gasteiger partial charge < -0.3 is 5.73 Å². The van der Waals surface area contributed by atoms with Crippen LogP contribution in [0.2, 0.25) is 0 Å². The van der Waals surface area contributed by atoms with Crippen molar-refractivity contribution in [2.75, 3.05) is 0 Å². The van der Waals surface area contributed by atoms with Gasteiger partial charge in [-0.2, -0.15) is 5.26 Å². The van der Waals surface area contributed by atoms with Crippen LogP contribution in [-0.2, 0) is 4.79 Å². The first kappa shape index (κ1) is 11.6. The van der Waals surface area contributed by atoms with Crippen molar-refractivity contribution < 1.29 is 14.1 Å². The molecule has 0 bridgehead atoms. The predicted octanol–water partition coefficient (Wildman–Crippen LogP) is 0.826. The molecule has 1 rings (SSSR count). The number of nitriles is 1. The molecule has 82 valence electrons. The molecule has 0 saturated carbocycles. The Bertz CT molecular complexity index is 495. The fourth-order valence-corrected chi connectivity index (χ4v) is 1.21. The molecule has 7 heteroatoms. The van der Waals surface area contributed by atoms with Gasteiger partial charge in [-0.25, -0.2) is 4.39 Å². The second kappa shape index (κ2) is 4.35. The zero-order valence-electron chi connectivity index (χ0n) is 7.88. The van der Waals surface area contributed by atoms with Crippen molar-refractivity contribution >= 4 is 11.6 Å². The number of primary amides is 1. The van der Waals surface area contributed by atoms with E-state index >= 15 is 0 Å². The Morgan fingerprint density at radius 3 is 2.69 bits per heavy atom. The van der Waals surface area contributed by atoms with Gasteiger partial charge in [-0.05, 0) is 12.1 Å². The summed E-state index contributed by atoms with van der Waals surface area (Å²) in [6, 6.07) is 4.10. The minimum Gasteiger partial charge on any atom is -0.368 e. The Morgan fingerprint density at radius 1 is 1.62 bits per heavy atom. The van der Waals surface area contributed by atoms with Crippen molar-refractivity contribution in [3.05, 3.63) is 39.7 Å². The molecule has 0 spiro atoms. The van der Waals surface area contributed by atoms with Gasteiger partial charge in [0.15, 0.2) is 5.92 Å². The van der Waals surface area contributed by atoms with E-state index in [-0.39, 0.29) is 5.56 Å². The highest BCUT2D eigenvalue weighted by Crippen LogP contribution is 2.26. The van der Waals surface area contributed by atoms with Gasteiger partial charge in [0, 0.05) is 0 Å². The lowest BCUT2D eigenvalue weighted by Crippen LogP contribution is -2.20. The fourth-order valence-electron chi connectivity index (χ4n) is 1.21. The summed E-state index contributed by atoms with van der Waals surface area (Å²) in [5, 5.41) is 19.3. The summed E-state index contributed by atoms with van der Waals surface area (Å²) in [6.45, 7) is 0. The monoisotopic (exact) mass is 223 g/mol. The molecule has 0 fully saturated rings. The highest BCUT2D eigenvalue weighted by Gasteiger charge is 2.26. The average Bonchev–Trinajstić information content (AvgIpc) is 2.20. The van der Waals surface area contributed by atoms with E-state index < -0.39 is 28.3 Å². The van der Waals surface area contributed by atoms with Crippen LogP contribution in [0.15, 0.2) is 18.2 Å². The summed E-state index contributed by atoms with van der Waals surface area (Å²) in [6.07, 6.45) is 0. The van der Waals surface area contributed by atoms with E-state index in [1.165, 1.54) is 6.07 Å². The van der Waals surface area contributed by atoms with Crippen LogP contribution >= 0.6 is 0 Å². The van der Waals surface area contributed by atoms with Crippen molar-refractivity contribution in [1.29, 1.82) is 5.26 Å². The summed E-state index contributed by atoms with van der Waals surface area (Å²) >= 11 is 0. The number of nitro benzene ring substituents is 1. The molecule has 1 aromatic carbocycles. The highest BCUT2D eigenvalue weighted by atomic mass is 19.1. The third-order valence-corrected chi connectivity index (χ3v) is 1.91. The van der Waals surface area contributed by atoms with Crippen LogP contribution in [-0.4, -0.2) is 10.8 Å². The maximum Gasteiger partial charge on any atom is 0.277 e. The maximum absolute atomic E-state index is 12.8. The molecule has 0 radical (unpaired) electrons. The Kier molecular flexibility index (Phi) is 3.15. The third kappa shape index (κ3) is 2.12. The number of nitrogens with zero attached hydrogens (tertiary/aromatic N) is 2. The highest BCUT2D eigenvalue weighted by molar-refractivity contribution is 5.86. The Hall–Kier alpha value is -2.49. The van der Waals surface area contributed by atoms with Gasteiger partial charge in [0.25, 0.3) is 5.69 Å². The minimum absolute atomic E-state index is 0.207. The van der Waals surface area contributed by atoms with Crippen LogP contribution in [0.1, 0.15) is 11.5 Å². The smallest absolute Gasteiger partial charge is 0.277 e. The Labute approximate surface area is 89.2 Å². The van der Waals surface area contributed by atoms with Crippen molar-refractivity contribution in [3.8, 4) is 6.07 Å². The summed E-state index contributed by atoms with van der Waals surface area (Å²) < 4.78 is 12.8. The zero-order chi connectivity index (χ0) is 12.3. The summed E-state index contributed by atoms with van der Waals surface area (Å²) in [7, 11) is 0. The van der Waals surface area contributed by atoms with Crippen molar-refractivity contribution in [1.82, 2.24) is 0 Å². The van der Waals surface area contributed by atoms with Crippen LogP contribution in [0, 0.1) is 27.3 Å². The number of rotatable bonds is 3. The van der Waals surface area contributed by atoms with E-state index in [0.29, 0.717) is 6.07 Å². The minimum atomic E-state index is -1.46. The normalized spacial score (nSPS) is 11.5. The number of carbonyl (C=O) groups is 1. The fraction of sp³-hybridized carbons (Fsp3) is 0.111. The van der Waals surface area contributed by atoms with Gasteiger partial charge in [-0.3, -0.25) is 14.9 Å². The van der Waals surface area contributed by atoms with Crippen molar-refractivity contribution in [2.24, 2.45) is 5.73 Å². The Balaban J connectivity index is 3.38. The lowest BCUT2D eigenvalue weighted by atomic mass is 9.98. The summed E-state index contributed by atoms with van der Waals surface area (Å²) in [5.74, 6) is -3.30. The molecule has 1 amide bonds. The lowest BCUT2D eigenvalue weighted by Gasteiger charge is -2.05. The van der Waals surface area contributed by atoms with Crippen molar-refractivity contribution in [3.63, 3.8) is 0 Å². The molecule has 2 N–H and O–H groups in total. The number of hydrogen-bond donors (Lipinski definition) is 1. The first-order chi connectivity index (χ1) is 7.47. The summed E-state index contributed by atoms with van der Waals surface area (Å²) in [4.78, 5) is 20.6. The molecule has 1 aromatic rings. The first-order valence-corrected chi connectivity index (χ1v) is 4.10. The molecule has 6 nitrogen and oxygen atoms in total.